The van der Waals surface area contributed by atoms with Crippen molar-refractivity contribution in [1.29, 1.82) is 0 Å². The van der Waals surface area contributed by atoms with E-state index in [0.29, 0.717) is 0 Å². The molecule has 3 nitrogen and oxygen atoms in total. The summed E-state index contributed by atoms with van der Waals surface area (Å²) in [7, 11) is 0. The molecule has 0 atom stereocenters. The number of nitrogens with two attached hydrogens (primary N) is 1. The van der Waals surface area contributed by atoms with Crippen LogP contribution in [0.3, 0.4) is 0 Å². The van der Waals surface area contributed by atoms with Crippen molar-refractivity contribution >= 4 is 5.69 Å². The number of aliphatic hydroxyl groups excluding tert-OH is 1. The zero-order chi connectivity index (χ0) is 7.56. The van der Waals surface area contributed by atoms with Crippen LogP contribution in [0.2, 0.25) is 0 Å². The maximum absolute atomic E-state index is 12.5. The first-order valence-corrected chi connectivity index (χ1v) is 2.75. The summed E-state index contributed by atoms with van der Waals surface area (Å²) in [5.74, 6) is -0.543. The van der Waals surface area contributed by atoms with Crippen LogP contribution in [-0.2, 0) is 6.61 Å². The molecule has 1 aromatic heterocycles. The zero-order valence-corrected chi connectivity index (χ0v) is 5.21. The minimum atomic E-state index is -0.543. The molecule has 0 saturated heterocycles. The summed E-state index contributed by atoms with van der Waals surface area (Å²) in [5.41, 5.74) is 5.30. The van der Waals surface area contributed by atoms with E-state index in [9.17, 15) is 4.39 Å². The molecule has 0 aliphatic carbocycles. The maximum Gasteiger partial charge on any atom is 0.149 e. The van der Waals surface area contributed by atoms with Gasteiger partial charge in [0.15, 0.2) is 0 Å². The fourth-order valence-electron chi connectivity index (χ4n) is 0.616. The topological polar surface area (TPSA) is 59.1 Å². The molecule has 0 unspecified atom stereocenters. The van der Waals surface area contributed by atoms with Gasteiger partial charge in [-0.3, -0.25) is 4.98 Å². The van der Waals surface area contributed by atoms with Crippen LogP contribution in [0.1, 0.15) is 5.69 Å². The van der Waals surface area contributed by atoms with Crippen molar-refractivity contribution in [3.8, 4) is 0 Å². The van der Waals surface area contributed by atoms with Gasteiger partial charge in [-0.25, -0.2) is 4.39 Å². The Bertz CT molecular complexity index is 239. The second-order valence-corrected chi connectivity index (χ2v) is 1.81. The van der Waals surface area contributed by atoms with Gasteiger partial charge in [-0.1, -0.05) is 0 Å². The molecule has 0 fully saturated rings. The first kappa shape index (κ1) is 6.95. The molecule has 10 heavy (non-hydrogen) atoms. The summed E-state index contributed by atoms with van der Waals surface area (Å²) in [6.07, 6.45) is 1.26. The van der Waals surface area contributed by atoms with Crippen molar-refractivity contribution < 1.29 is 9.50 Å². The van der Waals surface area contributed by atoms with Crippen molar-refractivity contribution in [2.24, 2.45) is 0 Å². The largest absolute Gasteiger partial charge is 0.395 e. The minimum Gasteiger partial charge on any atom is -0.395 e. The summed E-state index contributed by atoms with van der Waals surface area (Å²) in [5, 5.41) is 8.53. The molecule has 1 heterocycles. The number of anilines is 1. The highest BCUT2D eigenvalue weighted by molar-refractivity contribution is 5.43. The van der Waals surface area contributed by atoms with Crippen LogP contribution in [0.4, 0.5) is 10.1 Å². The molecular weight excluding hydrogens is 135 g/mol. The average molecular weight is 142 g/mol. The summed E-state index contributed by atoms with van der Waals surface area (Å²) in [4.78, 5) is 3.64. The monoisotopic (exact) mass is 142 g/mol. The molecule has 3 N–H and O–H groups in total. The average Bonchev–Trinajstić information content (AvgIpc) is 1.95. The minimum absolute atomic E-state index is 0.0787. The Morgan fingerprint density at radius 1 is 1.70 bits per heavy atom. The van der Waals surface area contributed by atoms with Gasteiger partial charge in [-0.15, -0.1) is 0 Å². The van der Waals surface area contributed by atoms with Crippen LogP contribution in [0.25, 0.3) is 0 Å². The van der Waals surface area contributed by atoms with Gasteiger partial charge in [-0.2, -0.15) is 0 Å². The van der Waals surface area contributed by atoms with E-state index in [1.165, 1.54) is 6.20 Å². The number of hydrogen-bond acceptors (Lipinski definition) is 3. The van der Waals surface area contributed by atoms with Crippen molar-refractivity contribution in [3.05, 3.63) is 23.8 Å². The summed E-state index contributed by atoms with van der Waals surface area (Å²) >= 11 is 0. The van der Waals surface area contributed by atoms with Crippen LogP contribution in [0.15, 0.2) is 12.3 Å². The Hall–Kier alpha value is -1.16. The summed E-state index contributed by atoms with van der Waals surface area (Å²) < 4.78 is 12.5. The van der Waals surface area contributed by atoms with E-state index in [-0.39, 0.29) is 18.0 Å². The Morgan fingerprint density at radius 2 is 2.40 bits per heavy atom. The van der Waals surface area contributed by atoms with Crippen molar-refractivity contribution in [3.63, 3.8) is 0 Å². The van der Waals surface area contributed by atoms with Gasteiger partial charge in [0, 0.05) is 6.20 Å². The third kappa shape index (κ3) is 1.06. The lowest BCUT2D eigenvalue weighted by molar-refractivity contribution is 0.277. The number of rotatable bonds is 1. The number of nitrogen functional groups attached to an aromatic ring is 1. The van der Waals surface area contributed by atoms with E-state index in [0.717, 1.165) is 6.07 Å². The van der Waals surface area contributed by atoms with Gasteiger partial charge >= 0.3 is 0 Å². The van der Waals surface area contributed by atoms with Gasteiger partial charge in [0.2, 0.25) is 0 Å². The lowest BCUT2D eigenvalue weighted by atomic mass is 10.3. The van der Waals surface area contributed by atoms with Gasteiger partial charge in [-0.05, 0) is 6.07 Å². The van der Waals surface area contributed by atoms with E-state index >= 15 is 0 Å². The molecule has 0 radical (unpaired) electrons. The third-order valence-electron chi connectivity index (χ3n) is 1.17. The predicted octanol–water partition coefficient (Wildman–Crippen LogP) is 0.295. The molecule has 0 aliphatic rings. The van der Waals surface area contributed by atoms with E-state index in [1.54, 1.807) is 0 Å². The fraction of sp³-hybridized carbons (Fsp3) is 0.167. The highest BCUT2D eigenvalue weighted by Gasteiger charge is 2.02. The third-order valence-corrected chi connectivity index (χ3v) is 1.17. The Labute approximate surface area is 57.3 Å². The van der Waals surface area contributed by atoms with Crippen LogP contribution >= 0.6 is 0 Å². The van der Waals surface area contributed by atoms with Crippen LogP contribution < -0.4 is 5.73 Å². The number of aromatic nitrogens is 1. The molecule has 0 saturated carbocycles. The lowest BCUT2D eigenvalue weighted by Gasteiger charge is -1.99. The van der Waals surface area contributed by atoms with E-state index in [1.807, 2.05) is 0 Å². The first-order valence-electron chi connectivity index (χ1n) is 2.75. The van der Waals surface area contributed by atoms with Gasteiger partial charge < -0.3 is 10.8 Å². The van der Waals surface area contributed by atoms with Crippen molar-refractivity contribution in [1.82, 2.24) is 4.98 Å². The molecule has 0 aromatic carbocycles. The molecule has 54 valence electrons. The van der Waals surface area contributed by atoms with Gasteiger partial charge in [0.1, 0.15) is 5.82 Å². The standard InChI is InChI=1S/C6H7FN2O/c7-4-1-2-9-5(3-10)6(4)8/h1-2,10H,3,8H2. The van der Waals surface area contributed by atoms with Gasteiger partial charge in [0.05, 0.1) is 18.0 Å². The molecule has 0 spiro atoms. The Morgan fingerprint density at radius 3 is 2.90 bits per heavy atom. The highest BCUT2D eigenvalue weighted by Crippen LogP contribution is 2.11. The van der Waals surface area contributed by atoms with E-state index in [2.05, 4.69) is 4.98 Å². The normalized spacial score (nSPS) is 9.80. The molecule has 0 aliphatic heterocycles. The molecule has 4 heteroatoms. The second kappa shape index (κ2) is 2.62. The first-order chi connectivity index (χ1) is 4.75. The maximum atomic E-state index is 12.5. The predicted molar refractivity (Wildman–Crippen MR) is 34.5 cm³/mol. The zero-order valence-electron chi connectivity index (χ0n) is 5.21. The summed E-state index contributed by atoms with van der Waals surface area (Å²) in [6, 6.07) is 1.15. The van der Waals surface area contributed by atoms with Crippen LogP contribution in [0, 0.1) is 5.82 Å². The quantitative estimate of drug-likeness (QED) is 0.592. The van der Waals surface area contributed by atoms with Crippen LogP contribution in [0.5, 0.6) is 0 Å². The fourth-order valence-corrected chi connectivity index (χ4v) is 0.616. The molecule has 0 amide bonds. The van der Waals surface area contributed by atoms with Crippen LogP contribution in [-0.4, -0.2) is 10.1 Å². The number of hydrogen-bond donors (Lipinski definition) is 2. The SMILES string of the molecule is Nc1c(F)ccnc1CO. The number of nitrogens with zero attached hydrogens (tertiary/aromatic N) is 1. The van der Waals surface area contributed by atoms with Crippen molar-refractivity contribution in [2.75, 3.05) is 5.73 Å². The number of pyridine rings is 1. The van der Waals surface area contributed by atoms with E-state index < -0.39 is 5.82 Å². The van der Waals surface area contributed by atoms with Gasteiger partial charge in [0.25, 0.3) is 0 Å². The van der Waals surface area contributed by atoms with E-state index in [4.69, 9.17) is 10.8 Å². The molecular formula is C6H7FN2O. The Kier molecular flexibility index (Phi) is 1.82. The highest BCUT2D eigenvalue weighted by atomic mass is 19.1. The lowest BCUT2D eigenvalue weighted by Crippen LogP contribution is -1.99. The summed E-state index contributed by atoms with van der Waals surface area (Å²) in [6.45, 7) is -0.330. The smallest absolute Gasteiger partial charge is 0.149 e. The Balaban J connectivity index is 3.14. The second-order valence-electron chi connectivity index (χ2n) is 1.81. The molecule has 1 rings (SSSR count). The molecule has 1 aromatic rings. The number of halogens is 1. The van der Waals surface area contributed by atoms with Crippen molar-refractivity contribution in [2.45, 2.75) is 6.61 Å². The number of aliphatic hydroxyl groups is 1. The molecule has 0 bridgehead atoms.